The van der Waals surface area contributed by atoms with Crippen LogP contribution in [0.1, 0.15) is 38.2 Å². The lowest BCUT2D eigenvalue weighted by molar-refractivity contribution is -0.164. The Balaban J connectivity index is 2.14. The molecule has 1 aromatic rings. The summed E-state index contributed by atoms with van der Waals surface area (Å²) in [5, 5.41) is 10.8. The Bertz CT molecular complexity index is 942. The van der Waals surface area contributed by atoms with Crippen LogP contribution in [0.5, 0.6) is 0 Å². The van der Waals surface area contributed by atoms with Gasteiger partial charge in [0.2, 0.25) is 5.91 Å². The van der Waals surface area contributed by atoms with E-state index in [-0.39, 0.29) is 42.8 Å². The van der Waals surface area contributed by atoms with Gasteiger partial charge in [0.05, 0.1) is 24.1 Å². The summed E-state index contributed by atoms with van der Waals surface area (Å²) >= 11 is 5.71. The molecule has 37 heavy (non-hydrogen) atoms. The molecule has 2 amide bonds. The van der Waals surface area contributed by atoms with Crippen molar-refractivity contribution in [1.82, 2.24) is 21.3 Å². The van der Waals surface area contributed by atoms with E-state index in [1.54, 1.807) is 13.0 Å². The number of alkyl halides is 3. The van der Waals surface area contributed by atoms with Crippen LogP contribution in [-0.4, -0.2) is 62.5 Å². The summed E-state index contributed by atoms with van der Waals surface area (Å²) < 4.78 is 58.4. The highest BCUT2D eigenvalue weighted by atomic mass is 35.5. The first-order valence-corrected chi connectivity index (χ1v) is 12.3. The molecule has 1 saturated carbocycles. The number of carbonyl (C=O) groups excluding carboxylic acids is 2. The van der Waals surface area contributed by atoms with Gasteiger partial charge in [0, 0.05) is 18.6 Å². The second kappa shape index (κ2) is 14.3. The fourth-order valence-electron chi connectivity index (χ4n) is 3.88. The van der Waals surface area contributed by atoms with E-state index in [1.807, 2.05) is 0 Å². The predicted octanol–water partition coefficient (Wildman–Crippen LogP) is 2.82. The summed E-state index contributed by atoms with van der Waals surface area (Å²) in [6, 6.07) is 1.42. The maximum atomic E-state index is 13.8. The molecule has 1 aliphatic carbocycles. The molecule has 9 nitrogen and oxygen atoms in total. The van der Waals surface area contributed by atoms with Crippen LogP contribution in [-0.2, 0) is 16.1 Å². The van der Waals surface area contributed by atoms with E-state index in [9.17, 15) is 27.2 Å². The molecule has 0 aromatic heterocycles. The highest BCUT2D eigenvalue weighted by molar-refractivity contribution is 6.30. The maximum absolute atomic E-state index is 13.8. The summed E-state index contributed by atoms with van der Waals surface area (Å²) in [5.74, 6) is -3.29. The average molecular weight is 553 g/mol. The number of nitrogens with zero attached hydrogens (tertiary/aromatic N) is 1. The van der Waals surface area contributed by atoms with Crippen LogP contribution in [0.4, 0.5) is 22.4 Å². The molecule has 0 heterocycles. The quantitative estimate of drug-likeness (QED) is 0.182. The van der Waals surface area contributed by atoms with E-state index in [1.165, 1.54) is 19.2 Å². The fourth-order valence-corrected chi connectivity index (χ4v) is 4.00. The van der Waals surface area contributed by atoms with Gasteiger partial charge in [-0.15, -0.1) is 0 Å². The minimum atomic E-state index is -4.78. The van der Waals surface area contributed by atoms with Crippen LogP contribution in [0.25, 0.3) is 0 Å². The number of ether oxygens (including phenoxy) is 1. The summed E-state index contributed by atoms with van der Waals surface area (Å²) in [6.07, 6.45) is -2.88. The van der Waals surface area contributed by atoms with Crippen molar-refractivity contribution in [2.45, 2.75) is 63.5 Å². The van der Waals surface area contributed by atoms with Gasteiger partial charge in [0.25, 0.3) is 0 Å². The lowest BCUT2D eigenvalue weighted by atomic mass is 9.91. The summed E-state index contributed by atoms with van der Waals surface area (Å²) in [5.41, 5.74) is 5.77. The van der Waals surface area contributed by atoms with E-state index in [0.29, 0.717) is 31.2 Å². The zero-order chi connectivity index (χ0) is 27.6. The number of halogens is 5. The molecule has 1 aliphatic rings. The summed E-state index contributed by atoms with van der Waals surface area (Å²) in [4.78, 5) is 28.8. The number of hydrogen-bond donors (Lipinski definition) is 5. The zero-order valence-electron chi connectivity index (χ0n) is 20.6. The first-order valence-electron chi connectivity index (χ1n) is 11.9. The van der Waals surface area contributed by atoms with E-state index in [4.69, 9.17) is 22.1 Å². The largest absolute Gasteiger partial charge is 0.450 e. The molecule has 2 unspecified atom stereocenters. The maximum Gasteiger partial charge on any atom is 0.407 e. The van der Waals surface area contributed by atoms with Gasteiger partial charge in [0.15, 0.2) is 5.96 Å². The van der Waals surface area contributed by atoms with Crippen molar-refractivity contribution in [1.29, 1.82) is 0 Å². The number of benzene rings is 1. The normalized spacial score (nSPS) is 20.1. The van der Waals surface area contributed by atoms with Gasteiger partial charge in [-0.3, -0.25) is 10.1 Å². The van der Waals surface area contributed by atoms with E-state index >= 15 is 0 Å². The minimum Gasteiger partial charge on any atom is -0.450 e. The van der Waals surface area contributed by atoms with E-state index in [2.05, 4.69) is 26.3 Å². The molecule has 2 rings (SSSR count). The van der Waals surface area contributed by atoms with Crippen molar-refractivity contribution in [3.63, 3.8) is 0 Å². The lowest BCUT2D eigenvalue weighted by Gasteiger charge is -2.31. The first kappa shape index (κ1) is 30.6. The number of rotatable bonds is 9. The van der Waals surface area contributed by atoms with Crippen LogP contribution >= 0.6 is 11.6 Å². The summed E-state index contributed by atoms with van der Waals surface area (Å²) in [7, 11) is 1.41. The zero-order valence-corrected chi connectivity index (χ0v) is 21.4. The summed E-state index contributed by atoms with van der Waals surface area (Å²) in [6.45, 7) is 1.58. The third kappa shape index (κ3) is 9.97. The first-order chi connectivity index (χ1) is 17.4. The van der Waals surface area contributed by atoms with Gasteiger partial charge in [-0.1, -0.05) is 17.7 Å². The molecule has 0 spiro atoms. The molecule has 0 radical (unpaired) electrons. The highest BCUT2D eigenvalue weighted by Gasteiger charge is 2.45. The van der Waals surface area contributed by atoms with E-state index < -0.39 is 36.0 Å². The van der Waals surface area contributed by atoms with Crippen molar-refractivity contribution >= 4 is 29.6 Å². The van der Waals surface area contributed by atoms with Crippen molar-refractivity contribution in [2.75, 3.05) is 20.2 Å². The van der Waals surface area contributed by atoms with E-state index in [0.717, 1.165) is 0 Å². The second-order valence-electron chi connectivity index (χ2n) is 8.69. The topological polar surface area (TPSA) is 130 Å². The van der Waals surface area contributed by atoms with Gasteiger partial charge in [-0.05, 0) is 57.4 Å². The van der Waals surface area contributed by atoms with Crippen LogP contribution < -0.4 is 27.0 Å². The number of guanidine groups is 1. The third-order valence-corrected chi connectivity index (χ3v) is 6.19. The van der Waals surface area contributed by atoms with Crippen molar-refractivity contribution < 1.29 is 31.9 Å². The predicted molar refractivity (Wildman–Crippen MR) is 131 cm³/mol. The molecule has 6 N–H and O–H groups in total. The molecular formula is C23H33ClF4N6O3. The number of nitrogens with two attached hydrogens (primary N) is 1. The minimum absolute atomic E-state index is 0.0577. The Kier molecular flexibility index (Phi) is 11.9. The molecule has 0 aliphatic heterocycles. The second-order valence-corrected chi connectivity index (χ2v) is 9.10. The smallest absolute Gasteiger partial charge is 0.407 e. The van der Waals surface area contributed by atoms with Gasteiger partial charge in [-0.25, -0.2) is 14.2 Å². The SMILES string of the molecule is CCOC(=O)NC1CCC(NC(=NCc2ccc(Cl)c(F)c2)NC(=O)C(CNC)C(N)C(F)(F)F)CC1. The number of carbonyl (C=O) groups is 2. The average Bonchev–Trinajstić information content (AvgIpc) is 2.83. The number of alkyl carbamates (subject to hydrolysis) is 1. The number of amides is 2. The molecular weight excluding hydrogens is 520 g/mol. The number of hydrogen-bond acceptors (Lipinski definition) is 6. The lowest BCUT2D eigenvalue weighted by Crippen LogP contribution is -2.56. The monoisotopic (exact) mass is 552 g/mol. The van der Waals surface area contributed by atoms with Crippen molar-refractivity contribution in [3.05, 3.63) is 34.6 Å². The van der Waals surface area contributed by atoms with Crippen molar-refractivity contribution in [2.24, 2.45) is 16.6 Å². The van der Waals surface area contributed by atoms with Crippen LogP contribution in [0, 0.1) is 11.7 Å². The fraction of sp³-hybridized carbons (Fsp3) is 0.609. The Hall–Kier alpha value is -2.64. The number of aliphatic imine (C=N–C) groups is 1. The van der Waals surface area contributed by atoms with Crippen LogP contribution in [0.3, 0.4) is 0 Å². The van der Waals surface area contributed by atoms with Gasteiger partial charge in [-0.2, -0.15) is 13.2 Å². The standard InChI is InChI=1S/C23H33ClF4N6O3/c1-3-37-22(36)33-15-7-5-14(6-8-15)32-21(31-11-13-4-9-17(24)18(25)10-13)34-20(35)16(12-30-2)19(29)23(26,27)28/h4,9-10,14-16,19,30H,3,5-8,11-12,29H2,1-2H3,(H,33,36)(H2,31,32,34,35). The van der Waals surface area contributed by atoms with Gasteiger partial charge in [0.1, 0.15) is 11.9 Å². The molecule has 1 fully saturated rings. The Morgan fingerprint density at radius 3 is 2.35 bits per heavy atom. The Labute approximate surface area is 217 Å². The van der Waals surface area contributed by atoms with Crippen LogP contribution in [0.15, 0.2) is 23.2 Å². The Morgan fingerprint density at radius 2 is 1.81 bits per heavy atom. The molecule has 208 valence electrons. The van der Waals surface area contributed by atoms with Gasteiger partial charge < -0.3 is 26.4 Å². The molecule has 0 saturated heterocycles. The molecule has 0 bridgehead atoms. The third-order valence-electron chi connectivity index (χ3n) is 5.88. The van der Waals surface area contributed by atoms with Gasteiger partial charge >= 0.3 is 12.3 Å². The highest BCUT2D eigenvalue weighted by Crippen LogP contribution is 2.24. The van der Waals surface area contributed by atoms with Crippen LogP contribution in [0.2, 0.25) is 5.02 Å². The van der Waals surface area contributed by atoms with Crippen molar-refractivity contribution in [3.8, 4) is 0 Å². The molecule has 1 aromatic carbocycles. The molecule has 14 heteroatoms. The molecule has 2 atom stereocenters. The number of nitrogens with one attached hydrogen (secondary N) is 4. The Morgan fingerprint density at radius 1 is 1.19 bits per heavy atom.